The third-order valence-corrected chi connectivity index (χ3v) is 3.32. The van der Waals surface area contributed by atoms with Crippen LogP contribution in [0.25, 0.3) is 0 Å². The molecule has 1 aromatic rings. The van der Waals surface area contributed by atoms with E-state index >= 15 is 0 Å². The molecule has 1 aliphatic rings. The van der Waals surface area contributed by atoms with E-state index in [2.05, 4.69) is 5.32 Å². The molecule has 0 bridgehead atoms. The fourth-order valence-electron chi connectivity index (χ4n) is 2.30. The Morgan fingerprint density at radius 3 is 2.94 bits per heavy atom. The normalized spacial score (nSPS) is 22.4. The monoisotopic (exact) mass is 241 g/mol. The van der Waals surface area contributed by atoms with Crippen LogP contribution in [0, 0.1) is 17.6 Å². The molecule has 1 aliphatic heterocycles. The average molecular weight is 241 g/mol. The molecule has 1 aromatic carbocycles. The zero-order chi connectivity index (χ0) is 12.3. The van der Waals surface area contributed by atoms with Gasteiger partial charge in [-0.05, 0) is 49.1 Å². The highest BCUT2D eigenvalue weighted by Gasteiger charge is 2.22. The topological polar surface area (TPSA) is 32.3 Å². The Balaban J connectivity index is 2.01. The van der Waals surface area contributed by atoms with Crippen molar-refractivity contribution in [3.63, 3.8) is 0 Å². The van der Waals surface area contributed by atoms with Gasteiger partial charge in [-0.25, -0.2) is 8.78 Å². The number of aliphatic hydroxyl groups excluding tert-OH is 1. The van der Waals surface area contributed by atoms with Crippen LogP contribution >= 0.6 is 0 Å². The molecule has 0 spiro atoms. The van der Waals surface area contributed by atoms with Gasteiger partial charge in [0.15, 0.2) is 0 Å². The molecule has 2 N–H and O–H groups in total. The van der Waals surface area contributed by atoms with Crippen LogP contribution in [-0.4, -0.2) is 24.3 Å². The van der Waals surface area contributed by atoms with Gasteiger partial charge in [-0.2, -0.15) is 0 Å². The first-order valence-corrected chi connectivity index (χ1v) is 5.99. The van der Waals surface area contributed by atoms with E-state index in [0.717, 1.165) is 44.1 Å². The molecule has 1 saturated heterocycles. The molecule has 2 atom stereocenters. The van der Waals surface area contributed by atoms with Crippen molar-refractivity contribution in [2.24, 2.45) is 5.92 Å². The minimum Gasteiger partial charge on any atom is -0.392 e. The van der Waals surface area contributed by atoms with Gasteiger partial charge in [-0.1, -0.05) is 0 Å². The maximum Gasteiger partial charge on any atom is 0.126 e. The number of aliphatic hydroxyl groups is 1. The van der Waals surface area contributed by atoms with E-state index in [9.17, 15) is 13.9 Å². The summed E-state index contributed by atoms with van der Waals surface area (Å²) < 4.78 is 26.4. The van der Waals surface area contributed by atoms with Crippen molar-refractivity contribution >= 4 is 0 Å². The summed E-state index contributed by atoms with van der Waals surface area (Å²) in [4.78, 5) is 0. The summed E-state index contributed by atoms with van der Waals surface area (Å²) in [6, 6.07) is 3.36. The van der Waals surface area contributed by atoms with Crippen molar-refractivity contribution in [2.45, 2.75) is 25.4 Å². The lowest BCUT2D eigenvalue weighted by molar-refractivity contribution is 0.0913. The van der Waals surface area contributed by atoms with Gasteiger partial charge in [-0.3, -0.25) is 0 Å². The highest BCUT2D eigenvalue weighted by atomic mass is 19.1. The number of rotatable bonds is 3. The zero-order valence-corrected chi connectivity index (χ0v) is 9.63. The quantitative estimate of drug-likeness (QED) is 0.846. The number of benzene rings is 1. The second kappa shape index (κ2) is 5.56. The van der Waals surface area contributed by atoms with E-state index < -0.39 is 17.7 Å². The van der Waals surface area contributed by atoms with Crippen molar-refractivity contribution in [2.75, 3.05) is 13.1 Å². The molecule has 0 aliphatic carbocycles. The molecule has 1 heterocycles. The first-order chi connectivity index (χ1) is 8.16. The fraction of sp³-hybridized carbons (Fsp3) is 0.538. The summed E-state index contributed by atoms with van der Waals surface area (Å²) in [5.74, 6) is -0.781. The van der Waals surface area contributed by atoms with Gasteiger partial charge in [0.05, 0.1) is 6.10 Å². The molecular formula is C13H17F2NO. The van der Waals surface area contributed by atoms with Crippen molar-refractivity contribution < 1.29 is 13.9 Å². The Morgan fingerprint density at radius 2 is 2.24 bits per heavy atom. The molecule has 0 radical (unpaired) electrons. The smallest absolute Gasteiger partial charge is 0.126 e. The number of hydrogen-bond donors (Lipinski definition) is 2. The summed E-state index contributed by atoms with van der Waals surface area (Å²) in [5.41, 5.74) is 0.253. The lowest BCUT2D eigenvalue weighted by atomic mass is 9.90. The van der Waals surface area contributed by atoms with Crippen LogP contribution in [0.5, 0.6) is 0 Å². The van der Waals surface area contributed by atoms with E-state index in [1.807, 2.05) is 0 Å². The van der Waals surface area contributed by atoms with Gasteiger partial charge in [-0.15, -0.1) is 0 Å². The molecule has 2 unspecified atom stereocenters. The summed E-state index contributed by atoms with van der Waals surface area (Å²) >= 11 is 0. The summed E-state index contributed by atoms with van der Waals surface area (Å²) in [5, 5.41) is 13.2. The van der Waals surface area contributed by atoms with Crippen molar-refractivity contribution in [1.82, 2.24) is 5.32 Å². The molecule has 4 heteroatoms. The van der Waals surface area contributed by atoms with E-state index in [1.54, 1.807) is 0 Å². The maximum atomic E-state index is 13.4. The molecule has 0 saturated carbocycles. The van der Waals surface area contributed by atoms with Gasteiger partial charge in [0.1, 0.15) is 11.6 Å². The second-order valence-corrected chi connectivity index (χ2v) is 4.61. The molecule has 94 valence electrons. The summed E-state index contributed by atoms with van der Waals surface area (Å²) in [6.45, 7) is 1.72. The predicted molar refractivity (Wildman–Crippen MR) is 61.7 cm³/mol. The number of piperidine rings is 1. The molecule has 0 aromatic heterocycles. The Labute approximate surface area is 99.7 Å². The Bertz CT molecular complexity index is 378. The predicted octanol–water partition coefficient (Wildman–Crippen LogP) is 1.87. The minimum atomic E-state index is -0.612. The standard InChI is InChI=1S/C13H17F2NO/c14-11-3-4-12(15)10(6-11)7-13(17)9-2-1-5-16-8-9/h3-4,6,9,13,16-17H,1-2,5,7-8H2. The van der Waals surface area contributed by atoms with Crippen molar-refractivity contribution in [1.29, 1.82) is 0 Å². The van der Waals surface area contributed by atoms with E-state index in [-0.39, 0.29) is 17.9 Å². The van der Waals surface area contributed by atoms with Crippen LogP contribution in [0.2, 0.25) is 0 Å². The summed E-state index contributed by atoms with van der Waals surface area (Å²) in [6.07, 6.45) is 1.52. The molecule has 2 rings (SSSR count). The van der Waals surface area contributed by atoms with E-state index in [4.69, 9.17) is 0 Å². The average Bonchev–Trinajstić information content (AvgIpc) is 2.35. The first kappa shape index (κ1) is 12.5. The molecule has 0 amide bonds. The van der Waals surface area contributed by atoms with Crippen LogP contribution < -0.4 is 5.32 Å². The van der Waals surface area contributed by atoms with E-state index in [1.165, 1.54) is 0 Å². The van der Waals surface area contributed by atoms with Gasteiger partial charge in [0.25, 0.3) is 0 Å². The van der Waals surface area contributed by atoms with Crippen molar-refractivity contribution in [3.05, 3.63) is 35.4 Å². The zero-order valence-electron chi connectivity index (χ0n) is 9.63. The Hall–Kier alpha value is -1.00. The van der Waals surface area contributed by atoms with Crippen LogP contribution in [0.15, 0.2) is 18.2 Å². The number of halogens is 2. The largest absolute Gasteiger partial charge is 0.392 e. The molecule has 2 nitrogen and oxygen atoms in total. The van der Waals surface area contributed by atoms with Gasteiger partial charge in [0, 0.05) is 13.0 Å². The number of hydrogen-bond acceptors (Lipinski definition) is 2. The molecular weight excluding hydrogens is 224 g/mol. The molecule has 1 fully saturated rings. The fourth-order valence-corrected chi connectivity index (χ4v) is 2.30. The van der Waals surface area contributed by atoms with Crippen LogP contribution in [0.3, 0.4) is 0 Å². The number of nitrogens with one attached hydrogen (secondary N) is 1. The third-order valence-electron chi connectivity index (χ3n) is 3.32. The maximum absolute atomic E-state index is 13.4. The van der Waals surface area contributed by atoms with Gasteiger partial charge < -0.3 is 10.4 Å². The van der Waals surface area contributed by atoms with E-state index in [0.29, 0.717) is 0 Å². The lowest BCUT2D eigenvalue weighted by Crippen LogP contribution is -2.37. The molecule has 17 heavy (non-hydrogen) atoms. The van der Waals surface area contributed by atoms with Crippen LogP contribution in [0.4, 0.5) is 8.78 Å². The van der Waals surface area contributed by atoms with Crippen molar-refractivity contribution in [3.8, 4) is 0 Å². The highest BCUT2D eigenvalue weighted by Crippen LogP contribution is 2.20. The SMILES string of the molecule is OC(Cc1cc(F)ccc1F)C1CCCNC1. The van der Waals surface area contributed by atoms with Gasteiger partial charge in [0.2, 0.25) is 0 Å². The Kier molecular flexibility index (Phi) is 4.07. The highest BCUT2D eigenvalue weighted by molar-refractivity contribution is 5.19. The first-order valence-electron chi connectivity index (χ1n) is 5.99. The third kappa shape index (κ3) is 3.23. The van der Waals surface area contributed by atoms with Crippen LogP contribution in [0.1, 0.15) is 18.4 Å². The summed E-state index contributed by atoms with van der Waals surface area (Å²) in [7, 11) is 0. The minimum absolute atomic E-state index is 0.131. The van der Waals surface area contributed by atoms with Crippen LogP contribution in [-0.2, 0) is 6.42 Å². The Morgan fingerprint density at radius 1 is 1.41 bits per heavy atom. The lowest BCUT2D eigenvalue weighted by Gasteiger charge is -2.27. The van der Waals surface area contributed by atoms with Gasteiger partial charge >= 0.3 is 0 Å². The second-order valence-electron chi connectivity index (χ2n) is 4.61.